The van der Waals surface area contributed by atoms with Gasteiger partial charge in [-0.25, -0.2) is 0 Å². The first-order chi connectivity index (χ1) is 12.1. The molecule has 3 rings (SSSR count). The number of aliphatic hydroxyl groups excluding tert-OH is 1. The SMILES string of the molecule is COc1cccc(N2C[C@@H](C(=O)NC[C@H](O)c3ccoc3)CC2=O)c1. The number of methoxy groups -OCH3 is 1. The van der Waals surface area contributed by atoms with E-state index in [1.807, 2.05) is 6.07 Å². The molecule has 25 heavy (non-hydrogen) atoms. The summed E-state index contributed by atoms with van der Waals surface area (Å²) in [6.07, 6.45) is 2.20. The summed E-state index contributed by atoms with van der Waals surface area (Å²) in [5, 5.41) is 12.7. The molecule has 1 fully saturated rings. The van der Waals surface area contributed by atoms with Gasteiger partial charge in [-0.15, -0.1) is 0 Å². The van der Waals surface area contributed by atoms with Crippen LogP contribution in [0.15, 0.2) is 47.3 Å². The number of ether oxygens (including phenoxy) is 1. The molecule has 0 radical (unpaired) electrons. The van der Waals surface area contributed by atoms with E-state index in [2.05, 4.69) is 5.32 Å². The Morgan fingerprint density at radius 1 is 1.48 bits per heavy atom. The van der Waals surface area contributed by atoms with Crippen molar-refractivity contribution < 1.29 is 23.8 Å². The quantitative estimate of drug-likeness (QED) is 0.828. The normalized spacial score (nSPS) is 18.2. The van der Waals surface area contributed by atoms with Crippen molar-refractivity contribution in [2.45, 2.75) is 12.5 Å². The average molecular weight is 344 g/mol. The fraction of sp³-hybridized carbons (Fsp3) is 0.333. The molecule has 0 saturated carbocycles. The molecule has 132 valence electrons. The lowest BCUT2D eigenvalue weighted by molar-refractivity contribution is -0.126. The van der Waals surface area contributed by atoms with Crippen LogP contribution in [-0.4, -0.2) is 37.1 Å². The van der Waals surface area contributed by atoms with E-state index >= 15 is 0 Å². The van der Waals surface area contributed by atoms with Gasteiger partial charge in [0.15, 0.2) is 0 Å². The summed E-state index contributed by atoms with van der Waals surface area (Å²) in [4.78, 5) is 26.2. The van der Waals surface area contributed by atoms with Crippen LogP contribution >= 0.6 is 0 Å². The number of aliphatic hydroxyl groups is 1. The maximum atomic E-state index is 12.3. The van der Waals surface area contributed by atoms with Gasteiger partial charge < -0.3 is 24.5 Å². The van der Waals surface area contributed by atoms with Gasteiger partial charge in [-0.3, -0.25) is 9.59 Å². The van der Waals surface area contributed by atoms with Crippen LogP contribution in [0.1, 0.15) is 18.1 Å². The molecule has 1 saturated heterocycles. The number of amides is 2. The second-order valence-electron chi connectivity index (χ2n) is 5.92. The molecule has 0 unspecified atom stereocenters. The zero-order valence-corrected chi connectivity index (χ0v) is 13.8. The van der Waals surface area contributed by atoms with Crippen molar-refractivity contribution >= 4 is 17.5 Å². The Bertz CT molecular complexity index is 744. The van der Waals surface area contributed by atoms with Crippen LogP contribution in [0.3, 0.4) is 0 Å². The summed E-state index contributed by atoms with van der Waals surface area (Å²) in [7, 11) is 1.56. The van der Waals surface area contributed by atoms with Crippen LogP contribution in [-0.2, 0) is 9.59 Å². The van der Waals surface area contributed by atoms with Crippen molar-refractivity contribution in [3.63, 3.8) is 0 Å². The standard InChI is InChI=1S/C18H20N2O5/c1-24-15-4-2-3-14(8-15)20-10-13(7-17(20)22)18(23)19-9-16(21)12-5-6-25-11-12/h2-6,8,11,13,16,21H,7,9-10H2,1H3,(H,19,23)/t13-,16-/m0/s1. The molecule has 1 aliphatic heterocycles. The highest BCUT2D eigenvalue weighted by Crippen LogP contribution is 2.28. The van der Waals surface area contributed by atoms with Crippen LogP contribution in [0.4, 0.5) is 5.69 Å². The van der Waals surface area contributed by atoms with Crippen LogP contribution in [0.2, 0.25) is 0 Å². The maximum absolute atomic E-state index is 12.3. The van der Waals surface area contributed by atoms with Crippen LogP contribution in [0, 0.1) is 5.92 Å². The lowest BCUT2D eigenvalue weighted by Gasteiger charge is -2.18. The van der Waals surface area contributed by atoms with Crippen LogP contribution < -0.4 is 15.0 Å². The molecular weight excluding hydrogens is 324 g/mol. The minimum Gasteiger partial charge on any atom is -0.497 e. The summed E-state index contributed by atoms with van der Waals surface area (Å²) in [5.74, 6) is -0.151. The molecule has 7 nitrogen and oxygen atoms in total. The Hall–Kier alpha value is -2.80. The lowest BCUT2D eigenvalue weighted by Crippen LogP contribution is -2.35. The Labute approximate surface area is 145 Å². The van der Waals surface area contributed by atoms with E-state index in [-0.39, 0.29) is 24.8 Å². The molecule has 2 amide bonds. The third kappa shape index (κ3) is 3.83. The second kappa shape index (κ2) is 7.40. The van der Waals surface area contributed by atoms with Crippen molar-refractivity contribution in [2.24, 2.45) is 5.92 Å². The molecule has 0 aliphatic carbocycles. The first-order valence-corrected chi connectivity index (χ1v) is 8.00. The van der Waals surface area contributed by atoms with Gasteiger partial charge in [-0.2, -0.15) is 0 Å². The first kappa shape index (κ1) is 17.0. The molecule has 0 bridgehead atoms. The summed E-state index contributed by atoms with van der Waals surface area (Å²) >= 11 is 0. The number of hydrogen-bond donors (Lipinski definition) is 2. The van der Waals surface area contributed by atoms with Gasteiger partial charge in [-0.05, 0) is 18.2 Å². The van der Waals surface area contributed by atoms with Crippen LogP contribution in [0.25, 0.3) is 0 Å². The molecule has 2 N–H and O–H groups in total. The Kier molecular flexibility index (Phi) is 5.04. The van der Waals surface area contributed by atoms with E-state index in [1.54, 1.807) is 36.3 Å². The zero-order valence-electron chi connectivity index (χ0n) is 13.8. The van der Waals surface area contributed by atoms with Crippen molar-refractivity contribution in [1.82, 2.24) is 5.32 Å². The van der Waals surface area contributed by atoms with Crippen molar-refractivity contribution in [3.05, 3.63) is 48.4 Å². The van der Waals surface area contributed by atoms with Gasteiger partial charge in [0.2, 0.25) is 11.8 Å². The van der Waals surface area contributed by atoms with Gasteiger partial charge in [0.1, 0.15) is 5.75 Å². The lowest BCUT2D eigenvalue weighted by atomic mass is 10.1. The van der Waals surface area contributed by atoms with Gasteiger partial charge in [0, 0.05) is 36.8 Å². The van der Waals surface area contributed by atoms with Crippen molar-refractivity contribution in [1.29, 1.82) is 0 Å². The molecule has 2 atom stereocenters. The number of carbonyl (C=O) groups excluding carboxylic acids is 2. The molecule has 1 aromatic heterocycles. The van der Waals surface area contributed by atoms with Crippen molar-refractivity contribution in [3.8, 4) is 5.75 Å². The second-order valence-corrected chi connectivity index (χ2v) is 5.92. The van der Waals surface area contributed by atoms with Gasteiger partial charge >= 0.3 is 0 Å². The smallest absolute Gasteiger partial charge is 0.227 e. The molecule has 0 spiro atoms. The molecule has 2 aromatic rings. The molecule has 1 aliphatic rings. The number of anilines is 1. The molecule has 1 aromatic carbocycles. The van der Waals surface area contributed by atoms with Gasteiger partial charge in [-0.1, -0.05) is 6.07 Å². The molecule has 2 heterocycles. The number of furan rings is 1. The van der Waals surface area contributed by atoms with E-state index in [4.69, 9.17) is 9.15 Å². The third-order valence-corrected chi connectivity index (χ3v) is 4.26. The number of carbonyl (C=O) groups is 2. The van der Waals surface area contributed by atoms with E-state index < -0.39 is 12.0 Å². The molecule has 7 heteroatoms. The van der Waals surface area contributed by atoms with E-state index in [9.17, 15) is 14.7 Å². The zero-order chi connectivity index (χ0) is 17.8. The largest absolute Gasteiger partial charge is 0.497 e. The third-order valence-electron chi connectivity index (χ3n) is 4.26. The maximum Gasteiger partial charge on any atom is 0.227 e. The summed E-state index contributed by atoms with van der Waals surface area (Å²) < 4.78 is 10.1. The first-order valence-electron chi connectivity index (χ1n) is 8.00. The predicted molar refractivity (Wildman–Crippen MR) is 90.1 cm³/mol. The van der Waals surface area contributed by atoms with E-state index in [1.165, 1.54) is 12.5 Å². The number of benzene rings is 1. The topological polar surface area (TPSA) is 92.0 Å². The summed E-state index contributed by atoms with van der Waals surface area (Å²) in [6, 6.07) is 8.81. The average Bonchev–Trinajstić information content (AvgIpc) is 3.29. The minimum absolute atomic E-state index is 0.0716. The minimum atomic E-state index is -0.839. The Morgan fingerprint density at radius 2 is 2.32 bits per heavy atom. The number of rotatable bonds is 6. The van der Waals surface area contributed by atoms with Gasteiger partial charge in [0.25, 0.3) is 0 Å². The Morgan fingerprint density at radius 3 is 3.04 bits per heavy atom. The highest BCUT2D eigenvalue weighted by atomic mass is 16.5. The summed E-state index contributed by atoms with van der Waals surface area (Å²) in [5.41, 5.74) is 1.30. The van der Waals surface area contributed by atoms with Crippen LogP contribution in [0.5, 0.6) is 5.75 Å². The van der Waals surface area contributed by atoms with Crippen molar-refractivity contribution in [2.75, 3.05) is 25.1 Å². The van der Waals surface area contributed by atoms with E-state index in [0.717, 1.165) is 0 Å². The number of nitrogens with zero attached hydrogens (tertiary/aromatic N) is 1. The fourth-order valence-electron chi connectivity index (χ4n) is 2.84. The predicted octanol–water partition coefficient (Wildman–Crippen LogP) is 1.49. The van der Waals surface area contributed by atoms with E-state index in [0.29, 0.717) is 23.5 Å². The molecular formula is C18H20N2O5. The highest BCUT2D eigenvalue weighted by molar-refractivity contribution is 6.00. The van der Waals surface area contributed by atoms with Gasteiger partial charge in [0.05, 0.1) is 31.7 Å². The highest BCUT2D eigenvalue weighted by Gasteiger charge is 2.35. The number of nitrogens with one attached hydrogen (secondary N) is 1. The fourth-order valence-corrected chi connectivity index (χ4v) is 2.84. The Balaban J connectivity index is 1.58. The monoisotopic (exact) mass is 344 g/mol. The summed E-state index contributed by atoms with van der Waals surface area (Å²) in [6.45, 7) is 0.377. The number of hydrogen-bond acceptors (Lipinski definition) is 5.